The molecule has 0 N–H and O–H groups in total. The van der Waals surface area contributed by atoms with Gasteiger partial charge < -0.3 is 0 Å². The largest absolute Gasteiger partial charge is 0.294 e. The fourth-order valence-electron chi connectivity index (χ4n) is 2.21. The molecule has 2 aromatic rings. The van der Waals surface area contributed by atoms with Crippen LogP contribution in [0.25, 0.3) is 0 Å². The van der Waals surface area contributed by atoms with Gasteiger partial charge in [-0.05, 0) is 43.5 Å². The van der Waals surface area contributed by atoms with E-state index in [4.69, 9.17) is 0 Å². The van der Waals surface area contributed by atoms with Gasteiger partial charge in [0.1, 0.15) is 0 Å². The summed E-state index contributed by atoms with van der Waals surface area (Å²) in [5, 5.41) is 0. The molecule has 18 heavy (non-hydrogen) atoms. The summed E-state index contributed by atoms with van der Waals surface area (Å²) in [5.41, 5.74) is 3.04. The number of aryl methyl sites for hydroxylation is 3. The lowest BCUT2D eigenvalue weighted by atomic mass is 9.97. The van der Waals surface area contributed by atoms with Gasteiger partial charge in [-0.15, -0.1) is 11.3 Å². The second-order valence-electron chi connectivity index (χ2n) is 4.59. The van der Waals surface area contributed by atoms with E-state index in [0.717, 1.165) is 23.1 Å². The number of carbonyl (C=O) groups is 1. The van der Waals surface area contributed by atoms with Gasteiger partial charge in [-0.3, -0.25) is 4.79 Å². The van der Waals surface area contributed by atoms with Crippen molar-refractivity contribution in [3.63, 3.8) is 0 Å². The van der Waals surface area contributed by atoms with Gasteiger partial charge in [0.05, 0.1) is 0 Å². The number of ketones is 1. The molecule has 1 nitrogen and oxygen atoms in total. The molecule has 1 aromatic carbocycles. The Morgan fingerprint density at radius 2 is 1.67 bits per heavy atom. The van der Waals surface area contributed by atoms with Crippen molar-refractivity contribution in [2.45, 2.75) is 33.6 Å². The molecule has 0 saturated carbocycles. The van der Waals surface area contributed by atoms with Gasteiger partial charge in [0.2, 0.25) is 0 Å². The van der Waals surface area contributed by atoms with Crippen LogP contribution in [0.2, 0.25) is 0 Å². The molecule has 2 rings (SSSR count). The fourth-order valence-corrected chi connectivity index (χ4v) is 3.16. The summed E-state index contributed by atoms with van der Waals surface area (Å²) in [7, 11) is 0. The Kier molecular flexibility index (Phi) is 3.97. The van der Waals surface area contributed by atoms with Gasteiger partial charge in [-0.1, -0.05) is 25.1 Å². The van der Waals surface area contributed by atoms with E-state index in [1.165, 1.54) is 9.75 Å². The lowest BCUT2D eigenvalue weighted by Crippen LogP contribution is -2.06. The Bertz CT molecular complexity index is 546. The fraction of sp³-hybridized carbons (Fsp3) is 0.312. The summed E-state index contributed by atoms with van der Waals surface area (Å²) in [6, 6.07) is 10.2. The highest BCUT2D eigenvalue weighted by Crippen LogP contribution is 2.21. The van der Waals surface area contributed by atoms with E-state index in [1.54, 1.807) is 11.3 Å². The number of Topliss-reactive ketones (excluding diaryl/α,β-unsaturated/α-hetero) is 1. The minimum Gasteiger partial charge on any atom is -0.294 e. The third-order valence-electron chi connectivity index (χ3n) is 3.16. The number of benzene rings is 1. The summed E-state index contributed by atoms with van der Waals surface area (Å²) < 4.78 is 0. The Hall–Kier alpha value is -1.41. The second-order valence-corrected chi connectivity index (χ2v) is 5.84. The molecular weight excluding hydrogens is 240 g/mol. The van der Waals surface area contributed by atoms with Crippen molar-refractivity contribution in [3.8, 4) is 0 Å². The van der Waals surface area contributed by atoms with Crippen molar-refractivity contribution >= 4 is 17.1 Å². The molecule has 0 bridgehead atoms. The minimum atomic E-state index is 0.232. The zero-order chi connectivity index (χ0) is 13.1. The number of hydrogen-bond donors (Lipinski definition) is 0. The number of hydrogen-bond acceptors (Lipinski definition) is 2. The van der Waals surface area contributed by atoms with Gasteiger partial charge in [-0.2, -0.15) is 0 Å². The van der Waals surface area contributed by atoms with E-state index in [-0.39, 0.29) is 5.78 Å². The molecule has 0 saturated heterocycles. The molecule has 0 amide bonds. The zero-order valence-corrected chi connectivity index (χ0v) is 11.9. The minimum absolute atomic E-state index is 0.232. The summed E-state index contributed by atoms with van der Waals surface area (Å²) in [6.07, 6.45) is 1.57. The van der Waals surface area contributed by atoms with Crippen LogP contribution in [0.3, 0.4) is 0 Å². The first-order valence-corrected chi connectivity index (χ1v) is 7.10. The van der Waals surface area contributed by atoms with Crippen LogP contribution >= 0.6 is 11.3 Å². The topological polar surface area (TPSA) is 17.1 Å². The molecule has 94 valence electrons. The van der Waals surface area contributed by atoms with E-state index in [0.29, 0.717) is 6.42 Å². The Morgan fingerprint density at radius 1 is 1.06 bits per heavy atom. The molecule has 0 unspecified atom stereocenters. The predicted molar refractivity (Wildman–Crippen MR) is 77.6 cm³/mol. The zero-order valence-electron chi connectivity index (χ0n) is 11.1. The van der Waals surface area contributed by atoms with Crippen LogP contribution in [-0.4, -0.2) is 5.78 Å². The standard InChI is InChI=1S/C16H18OS/c1-4-13-8-9-14(18-13)10-15(17)16-11(2)6-5-7-12(16)3/h5-9H,4,10H2,1-3H3. The highest BCUT2D eigenvalue weighted by Gasteiger charge is 2.13. The molecule has 0 aliphatic rings. The highest BCUT2D eigenvalue weighted by atomic mass is 32.1. The molecule has 1 aromatic heterocycles. The van der Waals surface area contributed by atoms with Crippen LogP contribution in [0.1, 0.15) is 38.2 Å². The summed E-state index contributed by atoms with van der Waals surface area (Å²) >= 11 is 1.75. The van der Waals surface area contributed by atoms with Crippen LogP contribution in [-0.2, 0) is 12.8 Å². The van der Waals surface area contributed by atoms with E-state index >= 15 is 0 Å². The lowest BCUT2D eigenvalue weighted by molar-refractivity contribution is 0.0992. The lowest BCUT2D eigenvalue weighted by Gasteiger charge is -2.07. The van der Waals surface area contributed by atoms with Crippen molar-refractivity contribution in [2.24, 2.45) is 0 Å². The van der Waals surface area contributed by atoms with E-state index in [1.807, 2.05) is 32.0 Å². The van der Waals surface area contributed by atoms with Crippen molar-refractivity contribution in [3.05, 3.63) is 56.8 Å². The molecule has 0 aliphatic carbocycles. The van der Waals surface area contributed by atoms with E-state index < -0.39 is 0 Å². The second kappa shape index (κ2) is 5.49. The number of thiophene rings is 1. The Labute approximate surface area is 112 Å². The SMILES string of the molecule is CCc1ccc(CC(=O)c2c(C)cccc2C)s1. The van der Waals surface area contributed by atoms with Crippen molar-refractivity contribution in [2.75, 3.05) is 0 Å². The smallest absolute Gasteiger partial charge is 0.168 e. The predicted octanol–water partition coefficient (Wildman–Crippen LogP) is 4.35. The van der Waals surface area contributed by atoms with Gasteiger partial charge in [0.25, 0.3) is 0 Å². The van der Waals surface area contributed by atoms with Gasteiger partial charge in [0, 0.05) is 21.7 Å². The van der Waals surface area contributed by atoms with Crippen LogP contribution in [0.5, 0.6) is 0 Å². The molecule has 0 aliphatic heterocycles. The van der Waals surface area contributed by atoms with Gasteiger partial charge in [0.15, 0.2) is 5.78 Å². The Morgan fingerprint density at radius 3 is 2.22 bits per heavy atom. The molecule has 1 heterocycles. The summed E-state index contributed by atoms with van der Waals surface area (Å²) in [6.45, 7) is 6.15. The van der Waals surface area contributed by atoms with Crippen LogP contribution in [0.4, 0.5) is 0 Å². The molecule has 0 spiro atoms. The normalized spacial score (nSPS) is 10.6. The van der Waals surface area contributed by atoms with Crippen LogP contribution in [0, 0.1) is 13.8 Å². The monoisotopic (exact) mass is 258 g/mol. The average molecular weight is 258 g/mol. The van der Waals surface area contributed by atoms with E-state index in [9.17, 15) is 4.79 Å². The maximum atomic E-state index is 12.4. The molecular formula is C16H18OS. The van der Waals surface area contributed by atoms with Gasteiger partial charge in [-0.25, -0.2) is 0 Å². The first kappa shape index (κ1) is 13.0. The third kappa shape index (κ3) is 2.70. The van der Waals surface area contributed by atoms with Crippen molar-refractivity contribution in [1.82, 2.24) is 0 Å². The summed E-state index contributed by atoms with van der Waals surface area (Å²) in [5.74, 6) is 0.232. The molecule has 0 radical (unpaired) electrons. The molecule has 2 heteroatoms. The van der Waals surface area contributed by atoms with Gasteiger partial charge >= 0.3 is 0 Å². The highest BCUT2D eigenvalue weighted by molar-refractivity contribution is 7.12. The number of rotatable bonds is 4. The maximum Gasteiger partial charge on any atom is 0.168 e. The first-order chi connectivity index (χ1) is 8.61. The molecule has 0 fully saturated rings. The first-order valence-electron chi connectivity index (χ1n) is 6.28. The number of carbonyl (C=O) groups excluding carboxylic acids is 1. The van der Waals surface area contributed by atoms with Crippen molar-refractivity contribution < 1.29 is 4.79 Å². The Balaban J connectivity index is 2.22. The average Bonchev–Trinajstić information content (AvgIpc) is 2.76. The van der Waals surface area contributed by atoms with Crippen LogP contribution < -0.4 is 0 Å². The van der Waals surface area contributed by atoms with Crippen LogP contribution in [0.15, 0.2) is 30.3 Å². The summed E-state index contributed by atoms with van der Waals surface area (Å²) in [4.78, 5) is 14.9. The van der Waals surface area contributed by atoms with E-state index in [2.05, 4.69) is 19.1 Å². The maximum absolute atomic E-state index is 12.4. The quantitative estimate of drug-likeness (QED) is 0.745. The third-order valence-corrected chi connectivity index (χ3v) is 4.39. The van der Waals surface area contributed by atoms with Crippen molar-refractivity contribution in [1.29, 1.82) is 0 Å². The molecule has 0 atom stereocenters.